The first-order chi connectivity index (χ1) is 10.6. The number of carbonyl (C=O) groups excluding carboxylic acids is 1. The molecule has 1 saturated heterocycles. The number of hydrogen-bond donors (Lipinski definition) is 1. The Labute approximate surface area is 128 Å². The van der Waals surface area contributed by atoms with Crippen LogP contribution < -0.4 is 4.74 Å². The molecule has 5 nitrogen and oxygen atoms in total. The van der Waals surface area contributed by atoms with E-state index in [4.69, 9.17) is 9.84 Å². The lowest BCUT2D eigenvalue weighted by molar-refractivity contribution is 0.0605. The predicted octanol–water partition coefficient (Wildman–Crippen LogP) is 1.11. The van der Waals surface area contributed by atoms with Gasteiger partial charge in [0, 0.05) is 32.7 Å². The van der Waals surface area contributed by atoms with Gasteiger partial charge in [-0.05, 0) is 19.1 Å². The van der Waals surface area contributed by atoms with Crippen molar-refractivity contribution in [1.82, 2.24) is 9.80 Å². The maximum absolute atomic E-state index is 14.3. The Balaban J connectivity index is 2.14. The van der Waals surface area contributed by atoms with Gasteiger partial charge in [-0.25, -0.2) is 8.78 Å². The van der Waals surface area contributed by atoms with E-state index in [1.165, 1.54) is 11.0 Å². The maximum Gasteiger partial charge on any atom is 0.260 e. The zero-order chi connectivity index (χ0) is 16.1. The van der Waals surface area contributed by atoms with Crippen molar-refractivity contribution in [2.24, 2.45) is 0 Å². The summed E-state index contributed by atoms with van der Waals surface area (Å²) in [5.74, 6) is -2.63. The summed E-state index contributed by atoms with van der Waals surface area (Å²) in [5, 5.41) is 8.89. The third-order valence-corrected chi connectivity index (χ3v) is 3.65. The quantitative estimate of drug-likeness (QED) is 0.885. The van der Waals surface area contributed by atoms with Crippen LogP contribution in [0.4, 0.5) is 8.78 Å². The second-order valence-corrected chi connectivity index (χ2v) is 5.02. The molecule has 0 saturated carbocycles. The Morgan fingerprint density at radius 2 is 1.95 bits per heavy atom. The number of benzene rings is 1. The second kappa shape index (κ2) is 7.51. The molecule has 0 unspecified atom stereocenters. The Bertz CT molecular complexity index is 532. The number of amides is 1. The topological polar surface area (TPSA) is 53.0 Å². The fourth-order valence-corrected chi connectivity index (χ4v) is 2.47. The fraction of sp³-hybridized carbons (Fsp3) is 0.533. The molecule has 1 fully saturated rings. The normalized spacial score (nSPS) is 15.9. The van der Waals surface area contributed by atoms with E-state index in [1.807, 2.05) is 4.90 Å². The Morgan fingerprint density at radius 3 is 2.55 bits per heavy atom. The molecule has 22 heavy (non-hydrogen) atoms. The van der Waals surface area contributed by atoms with Crippen LogP contribution in [0.5, 0.6) is 5.75 Å². The van der Waals surface area contributed by atoms with E-state index in [0.29, 0.717) is 32.7 Å². The molecule has 1 amide bonds. The van der Waals surface area contributed by atoms with Crippen LogP contribution in [0.2, 0.25) is 0 Å². The number of piperazine rings is 1. The maximum atomic E-state index is 14.3. The first-order valence-corrected chi connectivity index (χ1v) is 7.31. The second-order valence-electron chi connectivity index (χ2n) is 5.02. The van der Waals surface area contributed by atoms with E-state index in [-0.39, 0.29) is 19.0 Å². The monoisotopic (exact) mass is 314 g/mol. The molecule has 0 spiro atoms. The van der Waals surface area contributed by atoms with Gasteiger partial charge in [0.15, 0.2) is 11.6 Å². The molecule has 2 rings (SSSR count). The summed E-state index contributed by atoms with van der Waals surface area (Å²) in [7, 11) is 0. The lowest BCUT2D eigenvalue weighted by Gasteiger charge is -2.34. The summed E-state index contributed by atoms with van der Waals surface area (Å²) in [6.45, 7) is 4.38. The predicted molar refractivity (Wildman–Crippen MR) is 77.0 cm³/mol. The average molecular weight is 314 g/mol. The summed E-state index contributed by atoms with van der Waals surface area (Å²) < 4.78 is 33.2. The molecule has 1 aliphatic rings. The van der Waals surface area contributed by atoms with E-state index >= 15 is 0 Å². The first-order valence-electron chi connectivity index (χ1n) is 7.31. The summed E-state index contributed by atoms with van der Waals surface area (Å²) in [5.41, 5.74) is -0.568. The van der Waals surface area contributed by atoms with Crippen LogP contribution >= 0.6 is 0 Å². The highest BCUT2D eigenvalue weighted by Crippen LogP contribution is 2.25. The minimum Gasteiger partial charge on any atom is -0.491 e. The molecule has 1 aromatic carbocycles. The first kappa shape index (κ1) is 16.6. The highest BCUT2D eigenvalue weighted by atomic mass is 19.1. The number of rotatable bonds is 5. The number of ether oxygens (including phenoxy) is 1. The van der Waals surface area contributed by atoms with Crippen molar-refractivity contribution >= 4 is 5.91 Å². The van der Waals surface area contributed by atoms with Crippen molar-refractivity contribution in [1.29, 1.82) is 0 Å². The lowest BCUT2D eigenvalue weighted by Crippen LogP contribution is -2.49. The fourth-order valence-electron chi connectivity index (χ4n) is 2.47. The molecular formula is C15H20F2N2O3. The number of aliphatic hydroxyl groups excluding tert-OH is 1. The molecule has 0 aliphatic carbocycles. The summed E-state index contributed by atoms with van der Waals surface area (Å²) >= 11 is 0. The third kappa shape index (κ3) is 3.53. The smallest absolute Gasteiger partial charge is 0.260 e. The van der Waals surface area contributed by atoms with Crippen LogP contribution in [0.25, 0.3) is 0 Å². The Hall–Kier alpha value is -1.73. The molecule has 1 N–H and O–H groups in total. The molecule has 0 aromatic heterocycles. The average Bonchev–Trinajstić information content (AvgIpc) is 2.51. The molecular weight excluding hydrogens is 294 g/mol. The zero-order valence-corrected chi connectivity index (χ0v) is 12.5. The third-order valence-electron chi connectivity index (χ3n) is 3.65. The minimum absolute atomic E-state index is 0.0492. The number of carbonyl (C=O) groups is 1. The standard InChI is InChI=1S/C15H20F2N2O3/c1-2-22-12-4-3-11(16)13(14(12)17)15(21)19-7-5-18(6-8-19)9-10-20/h3-4,20H,2,5-10H2,1H3. The number of nitrogens with zero attached hydrogens (tertiary/aromatic N) is 2. The summed E-state index contributed by atoms with van der Waals surface area (Å²) in [6.07, 6.45) is 0. The highest BCUT2D eigenvalue weighted by Gasteiger charge is 2.28. The Morgan fingerprint density at radius 1 is 1.27 bits per heavy atom. The van der Waals surface area contributed by atoms with E-state index in [2.05, 4.69) is 0 Å². The van der Waals surface area contributed by atoms with E-state index in [0.717, 1.165) is 6.07 Å². The van der Waals surface area contributed by atoms with Gasteiger partial charge in [0.1, 0.15) is 11.4 Å². The molecule has 122 valence electrons. The molecule has 7 heteroatoms. The van der Waals surface area contributed by atoms with Crippen molar-refractivity contribution in [2.45, 2.75) is 6.92 Å². The molecule has 0 atom stereocenters. The van der Waals surface area contributed by atoms with Gasteiger partial charge in [-0.2, -0.15) is 0 Å². The van der Waals surface area contributed by atoms with Crippen LogP contribution in [0.1, 0.15) is 17.3 Å². The van der Waals surface area contributed by atoms with Gasteiger partial charge in [0.2, 0.25) is 0 Å². The van der Waals surface area contributed by atoms with Gasteiger partial charge in [-0.3, -0.25) is 9.69 Å². The van der Waals surface area contributed by atoms with E-state index < -0.39 is 23.1 Å². The molecule has 1 aromatic rings. The SMILES string of the molecule is CCOc1ccc(F)c(C(=O)N2CCN(CCO)CC2)c1F. The van der Waals surface area contributed by atoms with Gasteiger partial charge in [-0.1, -0.05) is 0 Å². The zero-order valence-electron chi connectivity index (χ0n) is 12.5. The van der Waals surface area contributed by atoms with Crippen LogP contribution in [0, 0.1) is 11.6 Å². The van der Waals surface area contributed by atoms with E-state index in [1.54, 1.807) is 6.92 Å². The summed E-state index contributed by atoms with van der Waals surface area (Å²) in [6, 6.07) is 2.23. The minimum atomic E-state index is -0.954. The van der Waals surface area contributed by atoms with Gasteiger partial charge in [0.05, 0.1) is 13.2 Å². The largest absolute Gasteiger partial charge is 0.491 e. The van der Waals surface area contributed by atoms with Crippen molar-refractivity contribution in [2.75, 3.05) is 45.9 Å². The molecule has 0 bridgehead atoms. The van der Waals surface area contributed by atoms with Crippen LogP contribution in [-0.4, -0.2) is 66.8 Å². The van der Waals surface area contributed by atoms with Crippen molar-refractivity contribution in [3.8, 4) is 5.75 Å². The van der Waals surface area contributed by atoms with Crippen molar-refractivity contribution < 1.29 is 23.4 Å². The number of halogens is 2. The lowest BCUT2D eigenvalue weighted by atomic mass is 10.1. The number of β-amino-alcohol motifs (C(OH)–C–C–N with tert-alkyl or cyclic N) is 1. The molecule has 1 aliphatic heterocycles. The van der Waals surface area contributed by atoms with Gasteiger partial charge in [0.25, 0.3) is 5.91 Å². The van der Waals surface area contributed by atoms with Gasteiger partial charge >= 0.3 is 0 Å². The van der Waals surface area contributed by atoms with Crippen molar-refractivity contribution in [3.05, 3.63) is 29.3 Å². The number of hydrogen-bond acceptors (Lipinski definition) is 4. The number of aliphatic hydroxyl groups is 1. The van der Waals surface area contributed by atoms with Crippen LogP contribution in [0.15, 0.2) is 12.1 Å². The van der Waals surface area contributed by atoms with Gasteiger partial charge in [-0.15, -0.1) is 0 Å². The van der Waals surface area contributed by atoms with Crippen molar-refractivity contribution in [3.63, 3.8) is 0 Å². The van der Waals surface area contributed by atoms with Crippen LogP contribution in [-0.2, 0) is 0 Å². The highest BCUT2D eigenvalue weighted by molar-refractivity contribution is 5.95. The molecule has 0 radical (unpaired) electrons. The molecule has 1 heterocycles. The van der Waals surface area contributed by atoms with E-state index in [9.17, 15) is 13.6 Å². The van der Waals surface area contributed by atoms with Crippen LogP contribution in [0.3, 0.4) is 0 Å². The summed E-state index contributed by atoms with van der Waals surface area (Å²) in [4.78, 5) is 15.8. The Kier molecular flexibility index (Phi) is 5.68. The van der Waals surface area contributed by atoms with Gasteiger partial charge < -0.3 is 14.7 Å².